The lowest BCUT2D eigenvalue weighted by molar-refractivity contribution is 0.193. The van der Waals surface area contributed by atoms with Gasteiger partial charge < -0.3 is 14.5 Å². The van der Waals surface area contributed by atoms with Crippen LogP contribution in [0.4, 0.5) is 11.5 Å². The third kappa shape index (κ3) is 3.72. The molecule has 1 atom stereocenters. The van der Waals surface area contributed by atoms with Crippen LogP contribution in [0.15, 0.2) is 30.3 Å². The van der Waals surface area contributed by atoms with Crippen molar-refractivity contribution in [2.45, 2.75) is 19.3 Å². The third-order valence-electron chi connectivity index (χ3n) is 4.97. The Kier molecular flexibility index (Phi) is 4.77. The maximum atomic E-state index is 6.12. The van der Waals surface area contributed by atoms with Crippen molar-refractivity contribution in [1.29, 1.82) is 0 Å². The van der Waals surface area contributed by atoms with Crippen molar-refractivity contribution >= 4 is 23.1 Å². The van der Waals surface area contributed by atoms with Gasteiger partial charge in [0.1, 0.15) is 11.6 Å². The molecule has 2 fully saturated rings. The Morgan fingerprint density at radius 2 is 1.88 bits per heavy atom. The van der Waals surface area contributed by atoms with Crippen molar-refractivity contribution < 1.29 is 4.74 Å². The van der Waals surface area contributed by atoms with Crippen LogP contribution >= 0.6 is 11.6 Å². The first kappa shape index (κ1) is 16.6. The molecule has 0 aliphatic carbocycles. The lowest BCUT2D eigenvalue weighted by Gasteiger charge is -2.37. The molecule has 25 heavy (non-hydrogen) atoms. The number of benzene rings is 1. The van der Waals surface area contributed by atoms with E-state index in [2.05, 4.69) is 31.9 Å². The lowest BCUT2D eigenvalue weighted by Crippen LogP contribution is -2.47. The Bertz CT molecular complexity index is 740. The van der Waals surface area contributed by atoms with Crippen LogP contribution in [0, 0.1) is 6.92 Å². The predicted molar refractivity (Wildman–Crippen MR) is 101 cm³/mol. The first-order chi connectivity index (χ1) is 12.2. The van der Waals surface area contributed by atoms with Gasteiger partial charge in [-0.15, -0.1) is 0 Å². The van der Waals surface area contributed by atoms with Crippen LogP contribution in [0.5, 0.6) is 0 Å². The standard InChI is InChI=1S/C19H23ClN4O/c1-14-21-18(15-5-10-25-13-15)12-19(22-14)24-8-6-23(7-9-24)17-4-2-3-16(20)11-17/h2-4,11-12,15H,5-10,13H2,1H3/t15-/m1/s1. The monoisotopic (exact) mass is 358 g/mol. The summed E-state index contributed by atoms with van der Waals surface area (Å²) in [6.45, 7) is 7.41. The fourth-order valence-corrected chi connectivity index (χ4v) is 3.76. The van der Waals surface area contributed by atoms with Crippen molar-refractivity contribution in [3.63, 3.8) is 0 Å². The summed E-state index contributed by atoms with van der Waals surface area (Å²) in [6, 6.07) is 10.2. The van der Waals surface area contributed by atoms with Gasteiger partial charge in [-0.1, -0.05) is 17.7 Å². The highest BCUT2D eigenvalue weighted by Gasteiger charge is 2.23. The molecule has 0 amide bonds. The number of nitrogens with zero attached hydrogens (tertiary/aromatic N) is 4. The van der Waals surface area contributed by atoms with Crippen LogP contribution in [0.2, 0.25) is 5.02 Å². The molecule has 132 valence electrons. The predicted octanol–water partition coefficient (Wildman–Crippen LogP) is 3.27. The normalized spacial score (nSPS) is 21.0. The number of aromatic nitrogens is 2. The summed E-state index contributed by atoms with van der Waals surface area (Å²) in [5, 5.41) is 0.787. The first-order valence-electron chi connectivity index (χ1n) is 8.88. The number of anilines is 2. The molecule has 3 heterocycles. The minimum absolute atomic E-state index is 0.410. The average molecular weight is 359 g/mol. The topological polar surface area (TPSA) is 41.5 Å². The molecule has 6 heteroatoms. The van der Waals surface area contributed by atoms with Gasteiger partial charge in [0, 0.05) is 55.5 Å². The molecule has 0 spiro atoms. The molecule has 1 aromatic heterocycles. The van der Waals surface area contributed by atoms with Gasteiger partial charge in [-0.3, -0.25) is 0 Å². The summed E-state index contributed by atoms with van der Waals surface area (Å²) in [4.78, 5) is 14.0. The molecule has 0 bridgehead atoms. The van der Waals surface area contributed by atoms with Crippen molar-refractivity contribution in [3.8, 4) is 0 Å². The van der Waals surface area contributed by atoms with Gasteiger partial charge in [-0.2, -0.15) is 0 Å². The highest BCUT2D eigenvalue weighted by molar-refractivity contribution is 6.30. The molecule has 2 aliphatic heterocycles. The smallest absolute Gasteiger partial charge is 0.132 e. The minimum atomic E-state index is 0.410. The molecule has 1 aromatic carbocycles. The van der Waals surface area contributed by atoms with Crippen molar-refractivity contribution in [2.24, 2.45) is 0 Å². The van der Waals surface area contributed by atoms with Crippen LogP contribution in [0.25, 0.3) is 0 Å². The molecule has 4 rings (SSSR count). The number of ether oxygens (including phenoxy) is 1. The number of halogens is 1. The SMILES string of the molecule is Cc1nc([C@@H]2CCOC2)cc(N2CCN(c3cccc(Cl)c3)CC2)n1. The van der Waals surface area contributed by atoms with Gasteiger partial charge in [-0.25, -0.2) is 9.97 Å². The maximum absolute atomic E-state index is 6.12. The van der Waals surface area contributed by atoms with E-state index in [1.165, 1.54) is 5.69 Å². The van der Waals surface area contributed by atoms with E-state index in [0.29, 0.717) is 5.92 Å². The second kappa shape index (κ2) is 7.18. The van der Waals surface area contributed by atoms with Gasteiger partial charge in [0.2, 0.25) is 0 Å². The molecular weight excluding hydrogens is 336 g/mol. The molecule has 2 aromatic rings. The number of piperazine rings is 1. The highest BCUT2D eigenvalue weighted by atomic mass is 35.5. The van der Waals surface area contributed by atoms with E-state index in [4.69, 9.17) is 16.3 Å². The Labute approximate surface area is 153 Å². The number of rotatable bonds is 3. The summed E-state index contributed by atoms with van der Waals surface area (Å²) in [5.74, 6) is 2.30. The van der Waals surface area contributed by atoms with Gasteiger partial charge in [0.25, 0.3) is 0 Å². The molecule has 2 aliphatic rings. The van der Waals surface area contributed by atoms with Crippen LogP contribution in [-0.4, -0.2) is 49.4 Å². The molecule has 0 unspecified atom stereocenters. The zero-order valence-corrected chi connectivity index (χ0v) is 15.2. The Hall–Kier alpha value is -1.85. The second-order valence-corrected chi connectivity index (χ2v) is 7.15. The van der Waals surface area contributed by atoms with E-state index >= 15 is 0 Å². The Morgan fingerprint density at radius 1 is 1.08 bits per heavy atom. The van der Waals surface area contributed by atoms with E-state index in [0.717, 1.165) is 68.2 Å². The summed E-state index contributed by atoms with van der Waals surface area (Å²) in [6.07, 6.45) is 1.05. The van der Waals surface area contributed by atoms with Gasteiger partial charge in [0.05, 0.1) is 12.3 Å². The molecule has 0 radical (unpaired) electrons. The van der Waals surface area contributed by atoms with Crippen LogP contribution in [-0.2, 0) is 4.74 Å². The minimum Gasteiger partial charge on any atom is -0.381 e. The number of aryl methyl sites for hydroxylation is 1. The highest BCUT2D eigenvalue weighted by Crippen LogP contribution is 2.27. The molecule has 0 saturated carbocycles. The molecule has 2 saturated heterocycles. The van der Waals surface area contributed by atoms with Crippen LogP contribution in [0.3, 0.4) is 0 Å². The largest absolute Gasteiger partial charge is 0.381 e. The fraction of sp³-hybridized carbons (Fsp3) is 0.474. The summed E-state index contributed by atoms with van der Waals surface area (Å²) in [5.41, 5.74) is 2.31. The molecular formula is C19H23ClN4O. The second-order valence-electron chi connectivity index (χ2n) is 6.71. The summed E-state index contributed by atoms with van der Waals surface area (Å²) in [7, 11) is 0. The van der Waals surface area contributed by atoms with Gasteiger partial charge >= 0.3 is 0 Å². The van der Waals surface area contributed by atoms with E-state index in [9.17, 15) is 0 Å². The van der Waals surface area contributed by atoms with Crippen molar-refractivity contribution in [1.82, 2.24) is 9.97 Å². The third-order valence-corrected chi connectivity index (χ3v) is 5.20. The Morgan fingerprint density at radius 3 is 2.60 bits per heavy atom. The van der Waals surface area contributed by atoms with E-state index in [1.807, 2.05) is 25.1 Å². The van der Waals surface area contributed by atoms with Gasteiger partial charge in [-0.05, 0) is 31.5 Å². The molecule has 0 N–H and O–H groups in total. The average Bonchev–Trinajstić information content (AvgIpc) is 3.16. The fourth-order valence-electron chi connectivity index (χ4n) is 3.58. The lowest BCUT2D eigenvalue weighted by atomic mass is 10.0. The van der Waals surface area contributed by atoms with E-state index in [1.54, 1.807) is 0 Å². The van der Waals surface area contributed by atoms with Crippen molar-refractivity contribution in [3.05, 3.63) is 46.9 Å². The number of hydrogen-bond acceptors (Lipinski definition) is 5. The van der Waals surface area contributed by atoms with Crippen LogP contribution in [0.1, 0.15) is 23.9 Å². The summed E-state index contributed by atoms with van der Waals surface area (Å²) < 4.78 is 5.52. The van der Waals surface area contributed by atoms with Crippen molar-refractivity contribution in [2.75, 3.05) is 49.2 Å². The van der Waals surface area contributed by atoms with Gasteiger partial charge in [0.15, 0.2) is 0 Å². The first-order valence-corrected chi connectivity index (χ1v) is 9.25. The zero-order valence-electron chi connectivity index (χ0n) is 14.5. The summed E-state index contributed by atoms with van der Waals surface area (Å²) >= 11 is 6.12. The van der Waals surface area contributed by atoms with Crippen LogP contribution < -0.4 is 9.80 Å². The van der Waals surface area contributed by atoms with E-state index < -0.39 is 0 Å². The molecule has 5 nitrogen and oxygen atoms in total. The zero-order chi connectivity index (χ0) is 17.2. The Balaban J connectivity index is 1.47. The van der Waals surface area contributed by atoms with E-state index in [-0.39, 0.29) is 0 Å². The quantitative estimate of drug-likeness (QED) is 0.842. The number of hydrogen-bond donors (Lipinski definition) is 0. The maximum Gasteiger partial charge on any atom is 0.132 e.